The van der Waals surface area contributed by atoms with Crippen molar-refractivity contribution >= 4 is 23.3 Å². The van der Waals surface area contributed by atoms with Crippen LogP contribution in [0.3, 0.4) is 0 Å². The maximum absolute atomic E-state index is 12.3. The van der Waals surface area contributed by atoms with Crippen molar-refractivity contribution in [2.75, 3.05) is 17.2 Å². The van der Waals surface area contributed by atoms with Crippen molar-refractivity contribution in [2.24, 2.45) is 5.73 Å². The summed E-state index contributed by atoms with van der Waals surface area (Å²) in [5.74, 6) is -0.0818. The Morgan fingerprint density at radius 3 is 2.59 bits per heavy atom. The lowest BCUT2D eigenvalue weighted by Crippen LogP contribution is -2.19. The molecule has 0 bridgehead atoms. The molecule has 0 saturated heterocycles. The summed E-state index contributed by atoms with van der Waals surface area (Å²) >= 11 is 0. The molecule has 114 valence electrons. The number of hydrogen-bond acceptors (Lipinski definition) is 4. The smallest absolute Gasteiger partial charge is 0.316 e. The Morgan fingerprint density at radius 1 is 1.18 bits per heavy atom. The SMILES string of the molecule is CCOc1ncccc1C(=O)Nc1cccc(NC(N)=O)c1. The second kappa shape index (κ2) is 7.07. The molecule has 0 atom stereocenters. The average molecular weight is 300 g/mol. The van der Waals surface area contributed by atoms with Gasteiger partial charge in [-0.05, 0) is 37.3 Å². The Balaban J connectivity index is 2.17. The van der Waals surface area contributed by atoms with Gasteiger partial charge in [-0.25, -0.2) is 9.78 Å². The molecular formula is C15H16N4O3. The van der Waals surface area contributed by atoms with Crippen LogP contribution in [0.4, 0.5) is 16.2 Å². The summed E-state index contributed by atoms with van der Waals surface area (Å²) < 4.78 is 5.33. The Bertz CT molecular complexity index is 688. The maximum atomic E-state index is 12.3. The molecule has 0 unspecified atom stereocenters. The summed E-state index contributed by atoms with van der Waals surface area (Å²) in [6, 6.07) is 9.25. The first kappa shape index (κ1) is 15.3. The van der Waals surface area contributed by atoms with Crippen LogP contribution in [0.2, 0.25) is 0 Å². The Kier molecular flexibility index (Phi) is 4.92. The van der Waals surface area contributed by atoms with Crippen LogP contribution >= 0.6 is 0 Å². The average Bonchev–Trinajstić information content (AvgIpc) is 2.47. The highest BCUT2D eigenvalue weighted by Gasteiger charge is 2.13. The van der Waals surface area contributed by atoms with Crippen molar-refractivity contribution in [3.8, 4) is 5.88 Å². The Morgan fingerprint density at radius 2 is 1.91 bits per heavy atom. The third-order valence-electron chi connectivity index (χ3n) is 2.68. The number of amides is 3. The molecule has 0 fully saturated rings. The molecule has 1 aromatic heterocycles. The number of nitrogens with one attached hydrogen (secondary N) is 2. The Hall–Kier alpha value is -3.09. The molecule has 0 radical (unpaired) electrons. The number of pyridine rings is 1. The first-order valence-corrected chi connectivity index (χ1v) is 6.66. The Labute approximate surface area is 127 Å². The van der Waals surface area contributed by atoms with Crippen molar-refractivity contribution in [1.82, 2.24) is 4.98 Å². The highest BCUT2D eigenvalue weighted by molar-refractivity contribution is 6.06. The molecule has 22 heavy (non-hydrogen) atoms. The summed E-state index contributed by atoms with van der Waals surface area (Å²) in [6.45, 7) is 2.23. The van der Waals surface area contributed by atoms with Crippen LogP contribution < -0.4 is 21.1 Å². The van der Waals surface area contributed by atoms with E-state index in [0.717, 1.165) is 0 Å². The maximum Gasteiger partial charge on any atom is 0.316 e. The third kappa shape index (κ3) is 3.95. The summed E-state index contributed by atoms with van der Waals surface area (Å²) in [6.07, 6.45) is 1.55. The minimum absolute atomic E-state index is 0.272. The second-order valence-electron chi connectivity index (χ2n) is 4.31. The standard InChI is InChI=1S/C15H16N4O3/c1-2-22-14-12(7-4-8-17-14)13(20)18-10-5-3-6-11(9-10)19-15(16)21/h3-9H,2H2,1H3,(H,18,20)(H3,16,19,21). The first-order valence-electron chi connectivity index (χ1n) is 6.66. The van der Waals surface area contributed by atoms with Crippen LogP contribution in [0.1, 0.15) is 17.3 Å². The highest BCUT2D eigenvalue weighted by Crippen LogP contribution is 2.19. The molecule has 0 aliphatic heterocycles. The number of benzene rings is 1. The number of carbonyl (C=O) groups excluding carboxylic acids is 2. The first-order chi connectivity index (χ1) is 10.6. The van der Waals surface area contributed by atoms with E-state index in [1.807, 2.05) is 6.92 Å². The number of rotatable bonds is 5. The van der Waals surface area contributed by atoms with Gasteiger partial charge in [0.05, 0.1) is 6.61 Å². The number of anilines is 2. The van der Waals surface area contributed by atoms with Gasteiger partial charge in [0.15, 0.2) is 0 Å². The number of primary amides is 1. The summed E-state index contributed by atoms with van der Waals surface area (Å²) in [5, 5.41) is 5.16. The fourth-order valence-corrected chi connectivity index (χ4v) is 1.83. The number of urea groups is 1. The highest BCUT2D eigenvalue weighted by atomic mass is 16.5. The molecule has 4 N–H and O–H groups in total. The second-order valence-corrected chi connectivity index (χ2v) is 4.31. The van der Waals surface area contributed by atoms with Gasteiger partial charge in [0.25, 0.3) is 5.91 Å². The molecule has 7 heteroatoms. The number of hydrogen-bond donors (Lipinski definition) is 3. The van der Waals surface area contributed by atoms with Crippen LogP contribution in [-0.2, 0) is 0 Å². The number of nitrogens with zero attached hydrogens (tertiary/aromatic N) is 1. The topological polar surface area (TPSA) is 106 Å². The van der Waals surface area contributed by atoms with E-state index in [2.05, 4.69) is 15.6 Å². The molecule has 2 aromatic rings. The van der Waals surface area contributed by atoms with Gasteiger partial charge in [0.2, 0.25) is 5.88 Å². The molecule has 1 heterocycles. The van der Waals surface area contributed by atoms with Crippen molar-refractivity contribution in [3.05, 3.63) is 48.2 Å². The van der Waals surface area contributed by atoms with E-state index in [0.29, 0.717) is 23.5 Å². The number of ether oxygens (including phenoxy) is 1. The van der Waals surface area contributed by atoms with Gasteiger partial charge in [0.1, 0.15) is 5.56 Å². The summed E-state index contributed by atoms with van der Waals surface area (Å²) in [7, 11) is 0. The monoisotopic (exact) mass is 300 g/mol. The lowest BCUT2D eigenvalue weighted by molar-refractivity contribution is 0.102. The van der Waals surface area contributed by atoms with E-state index in [9.17, 15) is 9.59 Å². The molecule has 0 aliphatic carbocycles. The van der Waals surface area contributed by atoms with Crippen molar-refractivity contribution in [1.29, 1.82) is 0 Å². The van der Waals surface area contributed by atoms with Gasteiger partial charge in [-0.1, -0.05) is 6.07 Å². The molecule has 0 saturated carbocycles. The largest absolute Gasteiger partial charge is 0.477 e. The van der Waals surface area contributed by atoms with Gasteiger partial charge in [-0.3, -0.25) is 4.79 Å². The van der Waals surface area contributed by atoms with Gasteiger partial charge < -0.3 is 21.1 Å². The number of aromatic nitrogens is 1. The van der Waals surface area contributed by atoms with Crippen molar-refractivity contribution in [2.45, 2.75) is 6.92 Å². The molecule has 0 spiro atoms. The fraction of sp³-hybridized carbons (Fsp3) is 0.133. The van der Waals surface area contributed by atoms with E-state index in [-0.39, 0.29) is 11.8 Å². The number of nitrogens with two attached hydrogens (primary N) is 1. The van der Waals surface area contributed by atoms with E-state index in [1.54, 1.807) is 42.6 Å². The molecule has 7 nitrogen and oxygen atoms in total. The molecule has 2 rings (SSSR count). The lowest BCUT2D eigenvalue weighted by atomic mass is 10.2. The minimum Gasteiger partial charge on any atom is -0.477 e. The molecule has 1 aromatic carbocycles. The molecule has 0 aliphatic rings. The van der Waals surface area contributed by atoms with Gasteiger partial charge in [0, 0.05) is 17.6 Å². The number of carbonyl (C=O) groups is 2. The summed E-state index contributed by atoms with van der Waals surface area (Å²) in [5.41, 5.74) is 6.39. The van der Waals surface area contributed by atoms with Crippen LogP contribution in [0.5, 0.6) is 5.88 Å². The summed E-state index contributed by atoms with van der Waals surface area (Å²) in [4.78, 5) is 27.2. The van der Waals surface area contributed by atoms with Gasteiger partial charge in [-0.15, -0.1) is 0 Å². The van der Waals surface area contributed by atoms with E-state index in [4.69, 9.17) is 10.5 Å². The van der Waals surface area contributed by atoms with Crippen molar-refractivity contribution in [3.63, 3.8) is 0 Å². The van der Waals surface area contributed by atoms with Crippen LogP contribution in [0.15, 0.2) is 42.6 Å². The molecular weight excluding hydrogens is 284 g/mol. The van der Waals surface area contributed by atoms with E-state index < -0.39 is 6.03 Å². The van der Waals surface area contributed by atoms with E-state index in [1.165, 1.54) is 0 Å². The molecule has 3 amide bonds. The van der Waals surface area contributed by atoms with Crippen LogP contribution in [0, 0.1) is 0 Å². The zero-order valence-corrected chi connectivity index (χ0v) is 12.0. The quantitative estimate of drug-likeness (QED) is 0.787. The van der Waals surface area contributed by atoms with Crippen LogP contribution in [-0.4, -0.2) is 23.5 Å². The van der Waals surface area contributed by atoms with Crippen LogP contribution in [0.25, 0.3) is 0 Å². The van der Waals surface area contributed by atoms with E-state index >= 15 is 0 Å². The van der Waals surface area contributed by atoms with Gasteiger partial charge in [-0.2, -0.15) is 0 Å². The fourth-order valence-electron chi connectivity index (χ4n) is 1.83. The lowest BCUT2D eigenvalue weighted by Gasteiger charge is -2.10. The predicted molar refractivity (Wildman–Crippen MR) is 83.0 cm³/mol. The van der Waals surface area contributed by atoms with Crippen molar-refractivity contribution < 1.29 is 14.3 Å². The predicted octanol–water partition coefficient (Wildman–Crippen LogP) is 2.22. The third-order valence-corrected chi connectivity index (χ3v) is 2.68. The zero-order chi connectivity index (χ0) is 15.9. The van der Waals surface area contributed by atoms with Gasteiger partial charge >= 0.3 is 6.03 Å². The minimum atomic E-state index is -0.672. The zero-order valence-electron chi connectivity index (χ0n) is 12.0. The normalized spacial score (nSPS) is 9.86.